The van der Waals surface area contributed by atoms with Crippen LogP contribution in [0.15, 0.2) is 0 Å². The zero-order chi connectivity index (χ0) is 9.72. The van der Waals surface area contributed by atoms with Gasteiger partial charge in [0.2, 0.25) is 0 Å². The van der Waals surface area contributed by atoms with Gasteiger partial charge in [0.05, 0.1) is 10.7 Å². The number of hydrazine groups is 1. The van der Waals surface area contributed by atoms with E-state index in [2.05, 4.69) is 31.9 Å². The van der Waals surface area contributed by atoms with Gasteiger partial charge in [-0.15, -0.1) is 0 Å². The van der Waals surface area contributed by atoms with Crippen molar-refractivity contribution in [3.05, 3.63) is 0 Å². The Morgan fingerprint density at radius 3 is 1.42 bits per heavy atom. The fourth-order valence-corrected chi connectivity index (χ4v) is 1.23. The van der Waals surface area contributed by atoms with Crippen LogP contribution in [0, 0.1) is 0 Å². The monoisotopic (exact) mass is 300 g/mol. The zero-order valence-corrected chi connectivity index (χ0v) is 10.1. The molecule has 0 rings (SSSR count). The number of carbonyl (C=O) groups is 2. The fourth-order valence-electron chi connectivity index (χ4n) is 0.508. The first-order valence-electron chi connectivity index (χ1n) is 3.19. The SMILES string of the molecule is CN(C(=O)CBr)N(C)C(=O)CBr. The molecule has 0 aromatic rings. The van der Waals surface area contributed by atoms with Gasteiger partial charge < -0.3 is 0 Å². The predicted molar refractivity (Wildman–Crippen MR) is 53.1 cm³/mol. The molecule has 0 N–H and O–H groups in total. The molecule has 70 valence electrons. The van der Waals surface area contributed by atoms with E-state index in [1.165, 1.54) is 10.0 Å². The summed E-state index contributed by atoms with van der Waals surface area (Å²) in [7, 11) is 3.09. The molecule has 0 saturated heterocycles. The topological polar surface area (TPSA) is 40.6 Å². The Bertz CT molecular complexity index is 166. The van der Waals surface area contributed by atoms with Gasteiger partial charge in [0.15, 0.2) is 0 Å². The lowest BCUT2D eigenvalue weighted by Gasteiger charge is -2.26. The minimum Gasteiger partial charge on any atom is -0.272 e. The molecular weight excluding hydrogens is 292 g/mol. The van der Waals surface area contributed by atoms with Crippen LogP contribution in [0.3, 0.4) is 0 Å². The average molecular weight is 302 g/mol. The van der Waals surface area contributed by atoms with Crippen LogP contribution in [0.25, 0.3) is 0 Å². The largest absolute Gasteiger partial charge is 0.272 e. The van der Waals surface area contributed by atoms with E-state index in [1.807, 2.05) is 0 Å². The number of amides is 2. The third-order valence-corrected chi connectivity index (χ3v) is 2.36. The third kappa shape index (κ3) is 3.10. The van der Waals surface area contributed by atoms with E-state index in [9.17, 15) is 9.59 Å². The van der Waals surface area contributed by atoms with Crippen molar-refractivity contribution in [3.8, 4) is 0 Å². The van der Waals surface area contributed by atoms with Crippen molar-refractivity contribution in [2.24, 2.45) is 0 Å². The highest BCUT2D eigenvalue weighted by molar-refractivity contribution is 9.09. The van der Waals surface area contributed by atoms with Crippen molar-refractivity contribution in [3.63, 3.8) is 0 Å². The molecule has 0 radical (unpaired) electrons. The van der Waals surface area contributed by atoms with Crippen LogP contribution in [0.2, 0.25) is 0 Å². The van der Waals surface area contributed by atoms with E-state index in [0.29, 0.717) is 0 Å². The van der Waals surface area contributed by atoms with Gasteiger partial charge in [0.1, 0.15) is 0 Å². The summed E-state index contributed by atoms with van der Waals surface area (Å²) in [5, 5.41) is 2.95. The van der Waals surface area contributed by atoms with Gasteiger partial charge in [-0.05, 0) is 0 Å². The Morgan fingerprint density at radius 1 is 1.00 bits per heavy atom. The third-order valence-electron chi connectivity index (χ3n) is 1.40. The van der Waals surface area contributed by atoms with Crippen molar-refractivity contribution in [2.45, 2.75) is 0 Å². The zero-order valence-electron chi connectivity index (χ0n) is 6.88. The van der Waals surface area contributed by atoms with Crippen molar-refractivity contribution in [1.29, 1.82) is 0 Å². The molecule has 0 atom stereocenters. The molecule has 0 unspecified atom stereocenters. The first-order chi connectivity index (χ1) is 5.54. The highest BCUT2D eigenvalue weighted by atomic mass is 79.9. The standard InChI is InChI=1S/C6H10Br2N2O2/c1-9(5(11)3-7)10(2)6(12)4-8/h3-4H2,1-2H3. The maximum Gasteiger partial charge on any atom is 0.251 e. The summed E-state index contributed by atoms with van der Waals surface area (Å²) in [4.78, 5) is 22.1. The minimum absolute atomic E-state index is 0.160. The van der Waals surface area contributed by atoms with E-state index < -0.39 is 0 Å². The highest BCUT2D eigenvalue weighted by Crippen LogP contribution is 1.97. The van der Waals surface area contributed by atoms with Crippen LogP contribution in [0.1, 0.15) is 0 Å². The van der Waals surface area contributed by atoms with E-state index in [0.717, 1.165) is 0 Å². The van der Waals surface area contributed by atoms with Gasteiger partial charge in [0, 0.05) is 14.1 Å². The molecule has 0 aliphatic heterocycles. The Kier molecular flexibility index (Phi) is 5.48. The number of halogens is 2. The molecular formula is C6H10Br2N2O2. The average Bonchev–Trinajstić information content (AvgIpc) is 2.12. The van der Waals surface area contributed by atoms with E-state index in [4.69, 9.17) is 0 Å². The first-order valence-corrected chi connectivity index (χ1v) is 5.43. The molecule has 0 saturated carbocycles. The van der Waals surface area contributed by atoms with Crippen LogP contribution >= 0.6 is 31.9 Å². The van der Waals surface area contributed by atoms with Gasteiger partial charge in [-0.25, -0.2) is 0 Å². The van der Waals surface area contributed by atoms with E-state index in [1.54, 1.807) is 14.1 Å². The maximum atomic E-state index is 11.0. The van der Waals surface area contributed by atoms with Gasteiger partial charge >= 0.3 is 0 Å². The summed E-state index contributed by atoms with van der Waals surface area (Å²) < 4.78 is 0. The lowest BCUT2D eigenvalue weighted by molar-refractivity contribution is -0.154. The molecule has 0 aromatic carbocycles. The second kappa shape index (κ2) is 5.53. The van der Waals surface area contributed by atoms with Crippen molar-refractivity contribution < 1.29 is 9.59 Å². The molecule has 12 heavy (non-hydrogen) atoms. The number of alkyl halides is 2. The van der Waals surface area contributed by atoms with Crippen LogP contribution < -0.4 is 0 Å². The fraction of sp³-hybridized carbons (Fsp3) is 0.667. The molecule has 0 aromatic heterocycles. The first kappa shape index (κ1) is 11.9. The summed E-state index contributed by atoms with van der Waals surface area (Å²) in [6.07, 6.45) is 0. The molecule has 0 aliphatic rings. The smallest absolute Gasteiger partial charge is 0.251 e. The summed E-state index contributed by atoms with van der Waals surface area (Å²) in [5.74, 6) is -0.321. The Hall–Kier alpha value is -0.100. The van der Waals surface area contributed by atoms with Crippen LogP contribution in [-0.2, 0) is 9.59 Å². The van der Waals surface area contributed by atoms with Crippen molar-refractivity contribution in [1.82, 2.24) is 10.0 Å². The molecule has 0 aliphatic carbocycles. The van der Waals surface area contributed by atoms with Crippen LogP contribution in [0.4, 0.5) is 0 Å². The molecule has 2 amide bonds. The van der Waals surface area contributed by atoms with Crippen LogP contribution in [0.5, 0.6) is 0 Å². The number of nitrogens with zero attached hydrogens (tertiary/aromatic N) is 2. The molecule has 0 fully saturated rings. The number of hydrogen-bond donors (Lipinski definition) is 0. The van der Waals surface area contributed by atoms with Gasteiger partial charge in [-0.3, -0.25) is 19.6 Å². The van der Waals surface area contributed by atoms with E-state index in [-0.39, 0.29) is 22.5 Å². The molecule has 6 heteroatoms. The lowest BCUT2D eigenvalue weighted by Crippen LogP contribution is -2.45. The highest BCUT2D eigenvalue weighted by Gasteiger charge is 2.16. The summed E-state index contributed by atoms with van der Waals surface area (Å²) in [6.45, 7) is 0. The summed E-state index contributed by atoms with van der Waals surface area (Å²) >= 11 is 6.03. The predicted octanol–water partition coefficient (Wildman–Crippen LogP) is 0.608. The molecule has 0 spiro atoms. The number of hydrogen-bond acceptors (Lipinski definition) is 2. The number of carbonyl (C=O) groups excluding carboxylic acids is 2. The Labute approximate surface area is 88.1 Å². The van der Waals surface area contributed by atoms with Gasteiger partial charge in [-0.1, -0.05) is 31.9 Å². The van der Waals surface area contributed by atoms with Crippen molar-refractivity contribution >= 4 is 43.7 Å². The van der Waals surface area contributed by atoms with E-state index >= 15 is 0 Å². The lowest BCUT2D eigenvalue weighted by atomic mass is 10.6. The maximum absolute atomic E-state index is 11.0. The normalized spacial score (nSPS) is 9.33. The van der Waals surface area contributed by atoms with Crippen molar-refractivity contribution in [2.75, 3.05) is 24.8 Å². The Morgan fingerprint density at radius 2 is 1.25 bits per heavy atom. The quantitative estimate of drug-likeness (QED) is 0.554. The number of rotatable bonds is 2. The second-order valence-electron chi connectivity index (χ2n) is 2.10. The van der Waals surface area contributed by atoms with Crippen LogP contribution in [-0.4, -0.2) is 46.6 Å². The molecule has 0 bridgehead atoms. The molecule has 4 nitrogen and oxygen atoms in total. The Balaban J connectivity index is 4.18. The van der Waals surface area contributed by atoms with Gasteiger partial charge in [0.25, 0.3) is 11.8 Å². The molecule has 0 heterocycles. The second-order valence-corrected chi connectivity index (χ2v) is 3.22. The summed E-state index contributed by atoms with van der Waals surface area (Å²) in [6, 6.07) is 0. The minimum atomic E-state index is -0.160. The summed E-state index contributed by atoms with van der Waals surface area (Å²) in [5.41, 5.74) is 0. The van der Waals surface area contributed by atoms with Gasteiger partial charge in [-0.2, -0.15) is 0 Å².